The van der Waals surface area contributed by atoms with Crippen molar-refractivity contribution in [1.29, 1.82) is 0 Å². The van der Waals surface area contributed by atoms with Gasteiger partial charge in [0.05, 0.1) is 22.1 Å². The third-order valence-electron chi connectivity index (χ3n) is 6.37. The summed E-state index contributed by atoms with van der Waals surface area (Å²) in [5.41, 5.74) is 2.40. The van der Waals surface area contributed by atoms with Gasteiger partial charge < -0.3 is 10.2 Å². The predicted molar refractivity (Wildman–Crippen MR) is 139 cm³/mol. The first-order valence-electron chi connectivity index (χ1n) is 11.6. The van der Waals surface area contributed by atoms with E-state index in [0.717, 1.165) is 39.4 Å². The van der Waals surface area contributed by atoms with Gasteiger partial charge in [-0.25, -0.2) is 4.98 Å². The van der Waals surface area contributed by atoms with Crippen molar-refractivity contribution in [2.45, 2.75) is 12.8 Å². The smallest absolute Gasteiger partial charge is 0.272 e. The second kappa shape index (κ2) is 8.92. The molecule has 2 aromatic carbocycles. The number of hydrogen-bond acceptors (Lipinski definition) is 5. The molecule has 9 heteroatoms. The highest BCUT2D eigenvalue weighted by Gasteiger charge is 2.26. The molecule has 1 aliphatic carbocycles. The molecule has 182 valence electrons. The van der Waals surface area contributed by atoms with Crippen LogP contribution >= 0.6 is 0 Å². The van der Waals surface area contributed by atoms with Crippen molar-refractivity contribution in [3.8, 4) is 11.1 Å². The molecule has 9 nitrogen and oxygen atoms in total. The molecule has 0 spiro atoms. The summed E-state index contributed by atoms with van der Waals surface area (Å²) in [6, 6.07) is 11.2. The highest BCUT2D eigenvalue weighted by atomic mass is 16.2. The third kappa shape index (κ3) is 4.31. The van der Waals surface area contributed by atoms with Crippen LogP contribution in [0.3, 0.4) is 0 Å². The molecule has 4 aromatic rings. The number of aryl methyl sites for hydroxylation is 1. The summed E-state index contributed by atoms with van der Waals surface area (Å²) in [5, 5.41) is 8.18. The van der Waals surface area contributed by atoms with E-state index >= 15 is 0 Å². The Bertz CT molecular complexity index is 1630. The first-order chi connectivity index (χ1) is 17.2. The molecule has 0 radical (unpaired) electrons. The maximum Gasteiger partial charge on any atom is 0.272 e. The lowest BCUT2D eigenvalue weighted by molar-refractivity contribution is -0.128. The topological polar surface area (TPSA) is 102 Å². The number of aromatic nitrogens is 4. The summed E-state index contributed by atoms with van der Waals surface area (Å²) in [7, 11) is 3.54. The van der Waals surface area contributed by atoms with Crippen LogP contribution in [-0.2, 0) is 16.6 Å². The van der Waals surface area contributed by atoms with Gasteiger partial charge in [0, 0.05) is 37.8 Å². The fraction of sp³-hybridized carbons (Fsp3) is 0.222. The molecule has 36 heavy (non-hydrogen) atoms. The number of para-hydroxylation sites is 1. The van der Waals surface area contributed by atoms with Crippen molar-refractivity contribution in [2.24, 2.45) is 13.0 Å². The molecule has 0 atom stereocenters. The Morgan fingerprint density at radius 1 is 1.19 bits per heavy atom. The molecular weight excluding hydrogens is 456 g/mol. The van der Waals surface area contributed by atoms with Crippen LogP contribution in [0.4, 0.5) is 0 Å². The van der Waals surface area contributed by atoms with Crippen molar-refractivity contribution in [3.05, 3.63) is 78.1 Å². The van der Waals surface area contributed by atoms with Crippen LogP contribution in [0.25, 0.3) is 38.6 Å². The molecule has 2 heterocycles. The van der Waals surface area contributed by atoms with Crippen LogP contribution in [0.1, 0.15) is 12.8 Å². The highest BCUT2D eigenvalue weighted by Crippen LogP contribution is 2.30. The molecule has 1 fully saturated rings. The predicted octanol–water partition coefficient (Wildman–Crippen LogP) is 2.92. The summed E-state index contributed by atoms with van der Waals surface area (Å²) in [4.78, 5) is 44.6. The van der Waals surface area contributed by atoms with E-state index in [1.165, 1.54) is 11.2 Å². The zero-order chi connectivity index (χ0) is 25.6. The normalized spacial score (nSPS) is 13.1. The number of rotatable bonds is 7. The first-order valence-corrected chi connectivity index (χ1v) is 11.6. The van der Waals surface area contributed by atoms with E-state index in [2.05, 4.69) is 28.6 Å². The van der Waals surface area contributed by atoms with Gasteiger partial charge in [-0.05, 0) is 42.5 Å². The van der Waals surface area contributed by atoms with Crippen LogP contribution in [-0.4, -0.2) is 49.6 Å². The van der Waals surface area contributed by atoms with Crippen LogP contribution in [0, 0.1) is 5.92 Å². The Morgan fingerprint density at radius 3 is 2.72 bits per heavy atom. The molecule has 0 saturated heterocycles. The van der Waals surface area contributed by atoms with E-state index < -0.39 is 11.5 Å². The molecule has 1 N–H and O–H groups in total. The van der Waals surface area contributed by atoms with Gasteiger partial charge in [-0.15, -0.1) is 0 Å². The second-order valence-corrected chi connectivity index (χ2v) is 9.21. The lowest BCUT2D eigenvalue weighted by atomic mass is 10.0. The maximum atomic E-state index is 13.3. The molecule has 1 aliphatic rings. The number of nitrogens with zero attached hydrogens (tertiary/aromatic N) is 5. The molecule has 0 bridgehead atoms. The van der Waals surface area contributed by atoms with Gasteiger partial charge >= 0.3 is 0 Å². The second-order valence-electron chi connectivity index (χ2n) is 9.21. The van der Waals surface area contributed by atoms with E-state index in [0.29, 0.717) is 23.4 Å². The van der Waals surface area contributed by atoms with Crippen molar-refractivity contribution in [2.75, 3.05) is 13.6 Å². The van der Waals surface area contributed by atoms with Crippen molar-refractivity contribution in [1.82, 2.24) is 29.5 Å². The molecular formula is C27H26N6O3. The number of hydrogen-bond donors (Lipinski definition) is 1. The number of fused-ring (bicyclic) bond motifs is 2. The van der Waals surface area contributed by atoms with E-state index in [1.54, 1.807) is 23.9 Å². The van der Waals surface area contributed by atoms with Gasteiger partial charge in [0.25, 0.3) is 17.4 Å². The minimum absolute atomic E-state index is 0.0702. The quantitative estimate of drug-likeness (QED) is 0.408. The molecule has 1 saturated carbocycles. The van der Waals surface area contributed by atoms with Crippen molar-refractivity contribution >= 4 is 39.3 Å². The van der Waals surface area contributed by atoms with Crippen molar-refractivity contribution in [3.63, 3.8) is 0 Å². The summed E-state index contributed by atoms with van der Waals surface area (Å²) >= 11 is 0. The van der Waals surface area contributed by atoms with Crippen LogP contribution < -0.4 is 10.9 Å². The standard InChI is InChI=1S/C27H26N6O3/c1-16(26(35)31(3)13-18-8-9-18)29-25(34)17(2)33-15-28-24-21(6-5-7-22(24)27(33)36)19-10-11-23-20(12-19)14-32(4)30-23/h5-7,10-12,14-15,18H,1-2,8-9,13H2,3-4H3,(H,29,34). The zero-order valence-electron chi connectivity index (χ0n) is 20.2. The van der Waals surface area contributed by atoms with E-state index in [-0.39, 0.29) is 17.3 Å². The van der Waals surface area contributed by atoms with Crippen LogP contribution in [0.2, 0.25) is 0 Å². The average molecular weight is 483 g/mol. The van der Waals surface area contributed by atoms with Crippen molar-refractivity contribution < 1.29 is 9.59 Å². The number of likely N-dealkylation sites (N-methyl/N-ethyl adjacent to an activating group) is 1. The molecule has 2 amide bonds. The number of amides is 2. The van der Waals surface area contributed by atoms with Gasteiger partial charge in [-0.3, -0.25) is 23.6 Å². The van der Waals surface area contributed by atoms with Crippen LogP contribution in [0.15, 0.2) is 72.6 Å². The number of benzene rings is 2. The third-order valence-corrected chi connectivity index (χ3v) is 6.37. The molecule has 0 aliphatic heterocycles. The SMILES string of the molecule is C=C(NC(=O)C(=C)n1cnc2c(-c3ccc4nn(C)cc4c3)cccc2c1=O)C(=O)N(C)CC1CC1. The van der Waals surface area contributed by atoms with E-state index in [1.807, 2.05) is 37.5 Å². The van der Waals surface area contributed by atoms with Gasteiger partial charge in [0.15, 0.2) is 0 Å². The number of nitrogens with one attached hydrogen (secondary N) is 1. The minimum Gasteiger partial charge on any atom is -0.340 e. The van der Waals surface area contributed by atoms with Gasteiger partial charge in [-0.2, -0.15) is 5.10 Å². The molecule has 2 aromatic heterocycles. The Labute approximate surface area is 207 Å². The molecule has 5 rings (SSSR count). The lowest BCUT2D eigenvalue weighted by Gasteiger charge is -2.19. The van der Waals surface area contributed by atoms with E-state index in [9.17, 15) is 14.4 Å². The number of carbonyl (C=O) groups is 2. The number of carbonyl (C=O) groups excluding carboxylic acids is 2. The fourth-order valence-electron chi connectivity index (χ4n) is 4.27. The first kappa shape index (κ1) is 23.2. The van der Waals surface area contributed by atoms with Gasteiger partial charge in [-0.1, -0.05) is 31.4 Å². The largest absolute Gasteiger partial charge is 0.340 e. The lowest BCUT2D eigenvalue weighted by Crippen LogP contribution is -2.38. The Balaban J connectivity index is 1.41. The monoisotopic (exact) mass is 482 g/mol. The summed E-state index contributed by atoms with van der Waals surface area (Å²) in [6.07, 6.45) is 5.41. The molecule has 0 unspecified atom stereocenters. The minimum atomic E-state index is -0.699. The van der Waals surface area contributed by atoms with Gasteiger partial charge in [0.1, 0.15) is 12.0 Å². The van der Waals surface area contributed by atoms with Gasteiger partial charge in [0.2, 0.25) is 0 Å². The Morgan fingerprint density at radius 2 is 1.97 bits per heavy atom. The summed E-state index contributed by atoms with van der Waals surface area (Å²) < 4.78 is 2.83. The highest BCUT2D eigenvalue weighted by molar-refractivity contribution is 6.15. The average Bonchev–Trinajstić information content (AvgIpc) is 3.60. The van der Waals surface area contributed by atoms with E-state index in [4.69, 9.17) is 0 Å². The summed E-state index contributed by atoms with van der Waals surface area (Å²) in [5.74, 6) is -0.562. The fourth-order valence-corrected chi connectivity index (χ4v) is 4.27. The Hall–Kier alpha value is -4.53. The zero-order valence-corrected chi connectivity index (χ0v) is 20.2. The van der Waals surface area contributed by atoms with Crippen LogP contribution in [0.5, 0.6) is 0 Å². The Kier molecular flexibility index (Phi) is 5.75. The summed E-state index contributed by atoms with van der Waals surface area (Å²) in [6.45, 7) is 8.07. The maximum absolute atomic E-state index is 13.3.